The molecule has 104 valence electrons. The Balaban J connectivity index is 0. The van der Waals surface area contributed by atoms with E-state index in [1.54, 1.807) is 17.6 Å². The van der Waals surface area contributed by atoms with Gasteiger partial charge in [-0.05, 0) is 30.7 Å². The molecule has 0 spiro atoms. The lowest BCUT2D eigenvalue weighted by Crippen LogP contribution is -2.20. The normalized spacial score (nSPS) is 8.50. The third-order valence-electron chi connectivity index (χ3n) is 2.23. The van der Waals surface area contributed by atoms with E-state index in [2.05, 4.69) is 11.8 Å². The number of carbonyl (C=O) groups is 1. The van der Waals surface area contributed by atoms with Gasteiger partial charge in [-0.25, -0.2) is 5.48 Å². The summed E-state index contributed by atoms with van der Waals surface area (Å²) < 4.78 is 0. The fraction of sp³-hybridized carbons (Fsp3) is 0.500. The molecule has 0 heterocycles. The van der Waals surface area contributed by atoms with E-state index in [1.807, 2.05) is 33.0 Å². The summed E-state index contributed by atoms with van der Waals surface area (Å²) in [5.74, 6) is -0.486. The van der Waals surface area contributed by atoms with Crippen molar-refractivity contribution in [3.63, 3.8) is 0 Å². The van der Waals surface area contributed by atoms with Crippen LogP contribution < -0.4 is 10.4 Å². The number of hydrogen-bond donors (Lipinski definition) is 2. The number of anilines is 1. The zero-order valence-electron chi connectivity index (χ0n) is 11.0. The predicted octanol–water partition coefficient (Wildman–Crippen LogP) is 3.31. The van der Waals surface area contributed by atoms with Crippen LogP contribution in [0.15, 0.2) is 24.3 Å². The van der Waals surface area contributed by atoms with Crippen molar-refractivity contribution >= 4 is 11.6 Å². The maximum atomic E-state index is 11.0. The molecule has 1 aromatic rings. The monoisotopic (exact) mass is 254 g/mol. The van der Waals surface area contributed by atoms with Gasteiger partial charge >= 0.3 is 0 Å². The predicted molar refractivity (Wildman–Crippen MR) is 77.3 cm³/mol. The Bertz CT molecular complexity index is 323. The third kappa shape index (κ3) is 5.68. The number of rotatable bonds is 4. The van der Waals surface area contributed by atoms with E-state index >= 15 is 0 Å². The van der Waals surface area contributed by atoms with Gasteiger partial charge in [-0.2, -0.15) is 0 Å². The van der Waals surface area contributed by atoms with Crippen LogP contribution >= 0.6 is 0 Å². The van der Waals surface area contributed by atoms with Crippen LogP contribution in [0.25, 0.3) is 0 Å². The molecule has 0 aromatic heterocycles. The van der Waals surface area contributed by atoms with Crippen LogP contribution in [-0.2, 0) is 0 Å². The summed E-state index contributed by atoms with van der Waals surface area (Å²) in [5.41, 5.74) is 3.11. The molecule has 18 heavy (non-hydrogen) atoms. The Labute approximate surface area is 111 Å². The molecule has 4 nitrogen and oxygen atoms in total. The molecular weight excluding hydrogens is 228 g/mol. The van der Waals surface area contributed by atoms with Crippen LogP contribution in [0.3, 0.4) is 0 Å². The second-order valence-corrected chi connectivity index (χ2v) is 3.41. The maximum Gasteiger partial charge on any atom is 0.274 e. The first-order valence-corrected chi connectivity index (χ1v) is 5.94. The molecule has 0 radical (unpaired) electrons. The molecular formula is C14H26N2O2. The number of carbonyl (C=O) groups excluding carboxylic acids is 1. The molecule has 1 aromatic carbocycles. The Morgan fingerprint density at radius 3 is 2.17 bits per heavy atom. The van der Waals surface area contributed by atoms with Gasteiger partial charge in [0.2, 0.25) is 0 Å². The molecule has 0 aliphatic heterocycles. The van der Waals surface area contributed by atoms with Gasteiger partial charge in [0.05, 0.1) is 0 Å². The smallest absolute Gasteiger partial charge is 0.274 e. The highest BCUT2D eigenvalue weighted by atomic mass is 16.5. The molecule has 0 fully saturated rings. The molecule has 1 rings (SSSR count). The van der Waals surface area contributed by atoms with E-state index in [-0.39, 0.29) is 7.43 Å². The number of nitrogens with one attached hydrogen (secondary N) is 1. The van der Waals surface area contributed by atoms with E-state index in [0.29, 0.717) is 5.56 Å². The third-order valence-corrected chi connectivity index (χ3v) is 2.23. The van der Waals surface area contributed by atoms with Gasteiger partial charge in [0.25, 0.3) is 5.91 Å². The Kier molecular flexibility index (Phi) is 11.1. The second-order valence-electron chi connectivity index (χ2n) is 3.41. The fourth-order valence-electron chi connectivity index (χ4n) is 1.40. The second kappa shape index (κ2) is 10.6. The number of nitrogens with zero attached hydrogens (tertiary/aromatic N) is 1. The first-order valence-electron chi connectivity index (χ1n) is 5.94. The molecule has 0 aliphatic rings. The van der Waals surface area contributed by atoms with Crippen molar-refractivity contribution in [2.24, 2.45) is 0 Å². The minimum Gasteiger partial charge on any atom is -0.375 e. The lowest BCUT2D eigenvalue weighted by atomic mass is 10.2. The fourth-order valence-corrected chi connectivity index (χ4v) is 1.40. The van der Waals surface area contributed by atoms with E-state index < -0.39 is 5.91 Å². The summed E-state index contributed by atoms with van der Waals surface area (Å²) >= 11 is 0. The molecule has 1 amide bonds. The van der Waals surface area contributed by atoms with Crippen LogP contribution in [0.5, 0.6) is 0 Å². The van der Waals surface area contributed by atoms with Crippen LogP contribution in [0.1, 0.15) is 45.0 Å². The van der Waals surface area contributed by atoms with Crippen molar-refractivity contribution < 1.29 is 10.0 Å². The zero-order valence-corrected chi connectivity index (χ0v) is 11.0. The highest BCUT2D eigenvalue weighted by molar-refractivity contribution is 5.93. The molecule has 0 bridgehead atoms. The van der Waals surface area contributed by atoms with Gasteiger partial charge < -0.3 is 4.90 Å². The molecule has 0 saturated heterocycles. The molecule has 0 unspecified atom stereocenters. The van der Waals surface area contributed by atoms with Crippen molar-refractivity contribution in [3.8, 4) is 0 Å². The lowest BCUT2D eigenvalue weighted by molar-refractivity contribution is 0.0706. The highest BCUT2D eigenvalue weighted by Crippen LogP contribution is 2.13. The number of hydroxylamine groups is 1. The lowest BCUT2D eigenvalue weighted by Gasteiger charge is -2.18. The van der Waals surface area contributed by atoms with Gasteiger partial charge in [-0.15, -0.1) is 0 Å². The van der Waals surface area contributed by atoms with E-state index in [0.717, 1.165) is 18.7 Å². The van der Waals surface area contributed by atoms with Crippen molar-refractivity contribution in [1.82, 2.24) is 5.48 Å². The summed E-state index contributed by atoms with van der Waals surface area (Å²) in [6.45, 7) is 7.09. The SMILES string of the molecule is C.CC.CCCN(C)c1ccc(C(=O)NO)cc1. The van der Waals surface area contributed by atoms with Crippen molar-refractivity contribution in [3.05, 3.63) is 29.8 Å². The van der Waals surface area contributed by atoms with Gasteiger partial charge in [0.1, 0.15) is 0 Å². The highest BCUT2D eigenvalue weighted by Gasteiger charge is 2.04. The van der Waals surface area contributed by atoms with E-state index in [4.69, 9.17) is 5.21 Å². The standard InChI is InChI=1S/C11H16N2O2.C2H6.CH4/c1-3-8-13(2)10-6-4-9(5-7-10)11(14)12-15;1-2;/h4-7,15H,3,8H2,1-2H3,(H,12,14);1-2H3;1H4. The van der Waals surface area contributed by atoms with Crippen LogP contribution in [0.2, 0.25) is 0 Å². The van der Waals surface area contributed by atoms with E-state index in [9.17, 15) is 4.79 Å². The van der Waals surface area contributed by atoms with Gasteiger partial charge in [0.15, 0.2) is 0 Å². The molecule has 4 heteroatoms. The Morgan fingerprint density at radius 1 is 1.28 bits per heavy atom. The number of benzene rings is 1. The molecule has 0 atom stereocenters. The van der Waals surface area contributed by atoms with Crippen molar-refractivity contribution in [2.75, 3.05) is 18.5 Å². The van der Waals surface area contributed by atoms with Crippen LogP contribution in [0, 0.1) is 0 Å². The van der Waals surface area contributed by atoms with Crippen LogP contribution in [0.4, 0.5) is 5.69 Å². The maximum absolute atomic E-state index is 11.0. The van der Waals surface area contributed by atoms with Crippen molar-refractivity contribution in [1.29, 1.82) is 0 Å². The summed E-state index contributed by atoms with van der Waals surface area (Å²) in [6, 6.07) is 7.10. The Morgan fingerprint density at radius 2 is 1.78 bits per heavy atom. The first kappa shape index (κ1) is 18.8. The topological polar surface area (TPSA) is 52.6 Å². The minimum absolute atomic E-state index is 0. The van der Waals surface area contributed by atoms with E-state index in [1.165, 1.54) is 0 Å². The minimum atomic E-state index is -0.486. The summed E-state index contributed by atoms with van der Waals surface area (Å²) in [5, 5.41) is 8.44. The summed E-state index contributed by atoms with van der Waals surface area (Å²) in [4.78, 5) is 13.2. The molecule has 2 N–H and O–H groups in total. The van der Waals surface area contributed by atoms with Gasteiger partial charge in [0, 0.05) is 24.8 Å². The Hall–Kier alpha value is -1.55. The van der Waals surface area contributed by atoms with Gasteiger partial charge in [-0.1, -0.05) is 28.2 Å². The number of amides is 1. The summed E-state index contributed by atoms with van der Waals surface area (Å²) in [7, 11) is 2.00. The first-order chi connectivity index (χ1) is 8.19. The zero-order chi connectivity index (χ0) is 13.3. The molecule has 0 saturated carbocycles. The number of hydrogen-bond acceptors (Lipinski definition) is 3. The summed E-state index contributed by atoms with van der Waals surface area (Å²) in [6.07, 6.45) is 1.08. The average Bonchev–Trinajstić information content (AvgIpc) is 2.40. The molecule has 0 aliphatic carbocycles. The average molecular weight is 254 g/mol. The largest absolute Gasteiger partial charge is 0.375 e. The van der Waals surface area contributed by atoms with Crippen molar-refractivity contribution in [2.45, 2.75) is 34.6 Å². The quantitative estimate of drug-likeness (QED) is 0.640. The van der Waals surface area contributed by atoms with Crippen LogP contribution in [-0.4, -0.2) is 24.7 Å². The van der Waals surface area contributed by atoms with Gasteiger partial charge in [-0.3, -0.25) is 10.0 Å².